The van der Waals surface area contributed by atoms with Gasteiger partial charge in [-0.15, -0.1) is 16.4 Å². The van der Waals surface area contributed by atoms with Gasteiger partial charge in [-0.2, -0.15) is 0 Å². The van der Waals surface area contributed by atoms with Gasteiger partial charge in [0.15, 0.2) is 0 Å². The SMILES string of the molecule is Cc1nc(C(C)C)sc1C(C)N(C)Cc1nnsc1Cl. The van der Waals surface area contributed by atoms with E-state index in [-0.39, 0.29) is 6.04 Å². The minimum absolute atomic E-state index is 0.290. The normalized spacial score (nSPS) is 13.4. The Kier molecular flexibility index (Phi) is 5.12. The van der Waals surface area contributed by atoms with Crippen molar-refractivity contribution in [3.05, 3.63) is 25.6 Å². The van der Waals surface area contributed by atoms with Gasteiger partial charge in [-0.25, -0.2) is 4.98 Å². The van der Waals surface area contributed by atoms with Crippen LogP contribution in [-0.4, -0.2) is 26.5 Å². The highest BCUT2D eigenvalue weighted by atomic mass is 35.5. The van der Waals surface area contributed by atoms with Crippen LogP contribution in [0, 0.1) is 6.92 Å². The molecule has 0 saturated heterocycles. The van der Waals surface area contributed by atoms with Gasteiger partial charge in [0.05, 0.1) is 10.7 Å². The van der Waals surface area contributed by atoms with Crippen LogP contribution in [0.25, 0.3) is 0 Å². The fourth-order valence-electron chi connectivity index (χ4n) is 1.93. The molecule has 1 unspecified atom stereocenters. The van der Waals surface area contributed by atoms with E-state index in [0.717, 1.165) is 11.4 Å². The molecule has 0 aliphatic carbocycles. The summed E-state index contributed by atoms with van der Waals surface area (Å²) in [6.45, 7) is 9.33. The Hall–Kier alpha value is -0.560. The van der Waals surface area contributed by atoms with Gasteiger partial charge in [-0.3, -0.25) is 4.90 Å². The first-order valence-electron chi connectivity index (χ1n) is 6.54. The van der Waals surface area contributed by atoms with E-state index in [0.29, 0.717) is 16.8 Å². The second-order valence-corrected chi connectivity index (χ2v) is 7.66. The summed E-state index contributed by atoms with van der Waals surface area (Å²) in [6, 6.07) is 0.290. The van der Waals surface area contributed by atoms with Crippen molar-refractivity contribution < 1.29 is 0 Å². The molecule has 0 aliphatic heterocycles. The van der Waals surface area contributed by atoms with Crippen LogP contribution in [0.2, 0.25) is 4.34 Å². The lowest BCUT2D eigenvalue weighted by Crippen LogP contribution is -2.22. The zero-order valence-corrected chi connectivity index (χ0v) is 14.7. The molecule has 2 rings (SSSR count). The number of hydrogen-bond acceptors (Lipinski definition) is 6. The van der Waals surface area contributed by atoms with Gasteiger partial charge in [-0.05, 0) is 20.9 Å². The van der Waals surface area contributed by atoms with Gasteiger partial charge in [0.2, 0.25) is 0 Å². The number of nitrogens with zero attached hydrogens (tertiary/aromatic N) is 4. The Morgan fingerprint density at radius 2 is 2.00 bits per heavy atom. The summed E-state index contributed by atoms with van der Waals surface area (Å²) in [5, 5.41) is 5.27. The van der Waals surface area contributed by atoms with Crippen LogP contribution in [0.15, 0.2) is 0 Å². The fourth-order valence-corrected chi connectivity index (χ4v) is 3.73. The first-order valence-corrected chi connectivity index (χ1v) is 8.51. The summed E-state index contributed by atoms with van der Waals surface area (Å²) < 4.78 is 4.55. The maximum absolute atomic E-state index is 6.07. The van der Waals surface area contributed by atoms with Crippen LogP contribution in [0.5, 0.6) is 0 Å². The summed E-state index contributed by atoms with van der Waals surface area (Å²) in [5.74, 6) is 0.474. The summed E-state index contributed by atoms with van der Waals surface area (Å²) >= 11 is 9.10. The van der Waals surface area contributed by atoms with Crippen LogP contribution in [-0.2, 0) is 6.54 Å². The van der Waals surface area contributed by atoms with E-state index >= 15 is 0 Å². The largest absolute Gasteiger partial charge is 0.293 e. The highest BCUT2D eigenvalue weighted by molar-refractivity contribution is 7.12. The topological polar surface area (TPSA) is 41.9 Å². The Labute approximate surface area is 133 Å². The third kappa shape index (κ3) is 3.36. The van der Waals surface area contributed by atoms with Crippen molar-refractivity contribution >= 4 is 34.5 Å². The van der Waals surface area contributed by atoms with Gasteiger partial charge in [0, 0.05) is 34.9 Å². The predicted octanol–water partition coefficient (Wildman–Crippen LogP) is 4.27. The molecule has 0 N–H and O–H groups in total. The molecule has 4 nitrogen and oxygen atoms in total. The number of halogens is 1. The lowest BCUT2D eigenvalue weighted by atomic mass is 10.2. The summed E-state index contributed by atoms with van der Waals surface area (Å²) in [4.78, 5) is 8.21. The molecule has 7 heteroatoms. The molecular weight excluding hydrogens is 312 g/mol. The number of aromatic nitrogens is 3. The predicted molar refractivity (Wildman–Crippen MR) is 85.7 cm³/mol. The Bertz CT molecular complexity index is 579. The lowest BCUT2D eigenvalue weighted by molar-refractivity contribution is 0.252. The van der Waals surface area contributed by atoms with Crippen molar-refractivity contribution in [2.45, 2.75) is 46.2 Å². The highest BCUT2D eigenvalue weighted by Crippen LogP contribution is 2.32. The van der Waals surface area contributed by atoms with Gasteiger partial charge in [0.1, 0.15) is 10.0 Å². The number of aryl methyl sites for hydroxylation is 1. The molecule has 1 atom stereocenters. The van der Waals surface area contributed by atoms with Crippen LogP contribution in [0.3, 0.4) is 0 Å². The second kappa shape index (κ2) is 6.47. The standard InChI is InChI=1S/C13H19ClN4S2/c1-7(2)13-15-8(3)11(19-13)9(4)18(5)6-10-12(14)20-17-16-10/h7,9H,6H2,1-5H3. The minimum atomic E-state index is 0.290. The van der Waals surface area contributed by atoms with Gasteiger partial charge in [0.25, 0.3) is 0 Å². The second-order valence-electron chi connectivity index (χ2n) is 5.24. The van der Waals surface area contributed by atoms with Crippen LogP contribution < -0.4 is 0 Å². The average Bonchev–Trinajstić information content (AvgIpc) is 2.95. The Balaban J connectivity index is 2.14. The quantitative estimate of drug-likeness (QED) is 0.820. The van der Waals surface area contributed by atoms with Crippen molar-refractivity contribution in [3.8, 4) is 0 Å². The van der Waals surface area contributed by atoms with Crippen LogP contribution in [0.1, 0.15) is 54.0 Å². The molecule has 2 aromatic heterocycles. The number of hydrogen-bond donors (Lipinski definition) is 0. The van der Waals surface area contributed by atoms with Crippen molar-refractivity contribution in [3.63, 3.8) is 0 Å². The highest BCUT2D eigenvalue weighted by Gasteiger charge is 2.20. The van der Waals surface area contributed by atoms with Crippen LogP contribution >= 0.6 is 34.5 Å². The maximum Gasteiger partial charge on any atom is 0.138 e. The zero-order chi connectivity index (χ0) is 14.9. The summed E-state index contributed by atoms with van der Waals surface area (Å²) in [5.41, 5.74) is 1.97. The minimum Gasteiger partial charge on any atom is -0.293 e. The van der Waals surface area contributed by atoms with Gasteiger partial charge in [-0.1, -0.05) is 29.9 Å². The molecular formula is C13H19ClN4S2. The average molecular weight is 331 g/mol. The van der Waals surface area contributed by atoms with Crippen molar-refractivity contribution in [2.24, 2.45) is 0 Å². The molecule has 2 aromatic rings. The summed E-state index contributed by atoms with van der Waals surface area (Å²) in [7, 11) is 2.08. The van der Waals surface area contributed by atoms with E-state index in [1.54, 1.807) is 11.3 Å². The number of thiazole rings is 1. The maximum atomic E-state index is 6.07. The fraction of sp³-hybridized carbons (Fsp3) is 0.615. The van der Waals surface area contributed by atoms with Crippen molar-refractivity contribution in [1.29, 1.82) is 0 Å². The van der Waals surface area contributed by atoms with E-state index in [9.17, 15) is 0 Å². The molecule has 20 heavy (non-hydrogen) atoms. The Morgan fingerprint density at radius 3 is 2.50 bits per heavy atom. The molecule has 0 bridgehead atoms. The molecule has 0 amide bonds. The molecule has 0 radical (unpaired) electrons. The zero-order valence-electron chi connectivity index (χ0n) is 12.3. The van der Waals surface area contributed by atoms with Crippen molar-refractivity contribution in [1.82, 2.24) is 19.5 Å². The van der Waals surface area contributed by atoms with E-state index in [1.807, 2.05) is 0 Å². The molecule has 0 saturated carbocycles. The van der Waals surface area contributed by atoms with Gasteiger partial charge < -0.3 is 0 Å². The smallest absolute Gasteiger partial charge is 0.138 e. The molecule has 110 valence electrons. The Morgan fingerprint density at radius 1 is 1.30 bits per heavy atom. The molecule has 0 fully saturated rings. The van der Waals surface area contributed by atoms with E-state index in [1.165, 1.54) is 21.4 Å². The molecule has 0 spiro atoms. The molecule has 0 aliphatic rings. The van der Waals surface area contributed by atoms with Gasteiger partial charge >= 0.3 is 0 Å². The third-order valence-corrected chi connectivity index (χ3v) is 5.90. The van der Waals surface area contributed by atoms with E-state index in [2.05, 4.69) is 54.2 Å². The molecule has 0 aromatic carbocycles. The first-order chi connectivity index (χ1) is 9.40. The van der Waals surface area contributed by atoms with E-state index in [4.69, 9.17) is 11.6 Å². The lowest BCUT2D eigenvalue weighted by Gasteiger charge is -2.23. The first kappa shape index (κ1) is 15.8. The third-order valence-electron chi connectivity index (χ3n) is 3.29. The van der Waals surface area contributed by atoms with E-state index < -0.39 is 0 Å². The monoisotopic (exact) mass is 330 g/mol. The molecule has 2 heterocycles. The van der Waals surface area contributed by atoms with Crippen molar-refractivity contribution in [2.75, 3.05) is 7.05 Å². The summed E-state index contributed by atoms with van der Waals surface area (Å²) in [6.07, 6.45) is 0. The van der Waals surface area contributed by atoms with Crippen LogP contribution in [0.4, 0.5) is 0 Å². The number of rotatable bonds is 5.